The van der Waals surface area contributed by atoms with E-state index < -0.39 is 0 Å². The maximum Gasteiger partial charge on any atom is 0.234 e. The molecule has 1 aromatic rings. The first-order chi connectivity index (χ1) is 9.65. The molecule has 0 bridgehead atoms. The fraction of sp³-hybridized carbons (Fsp3) is 0.588. The number of hydrogen-bond acceptors (Lipinski definition) is 2. The van der Waals surface area contributed by atoms with Crippen LogP contribution in [0.5, 0.6) is 0 Å². The Morgan fingerprint density at radius 3 is 2.50 bits per heavy atom. The highest BCUT2D eigenvalue weighted by atomic mass is 16.2. The Balaban J connectivity index is 1.73. The van der Waals surface area contributed by atoms with Crippen LogP contribution in [0, 0.1) is 6.92 Å². The molecule has 110 valence electrons. The van der Waals surface area contributed by atoms with Crippen LogP contribution in [0.1, 0.15) is 43.2 Å². The average Bonchev–Trinajstić information content (AvgIpc) is 2.47. The number of rotatable bonds is 5. The molecule has 0 heterocycles. The van der Waals surface area contributed by atoms with Gasteiger partial charge >= 0.3 is 0 Å². The zero-order valence-electron chi connectivity index (χ0n) is 12.7. The summed E-state index contributed by atoms with van der Waals surface area (Å²) < 4.78 is 0. The summed E-state index contributed by atoms with van der Waals surface area (Å²) in [6.07, 6.45) is 6.44. The van der Waals surface area contributed by atoms with E-state index in [4.69, 9.17) is 0 Å². The molecule has 0 aliphatic heterocycles. The Morgan fingerprint density at radius 1 is 1.20 bits per heavy atom. The summed E-state index contributed by atoms with van der Waals surface area (Å²) in [4.78, 5) is 14.2. The molecule has 0 radical (unpaired) electrons. The minimum atomic E-state index is 0.124. The van der Waals surface area contributed by atoms with Gasteiger partial charge in [0.25, 0.3) is 0 Å². The van der Waals surface area contributed by atoms with Gasteiger partial charge in [-0.1, -0.05) is 49.1 Å². The molecule has 1 saturated carbocycles. The van der Waals surface area contributed by atoms with Crippen LogP contribution < -0.4 is 5.32 Å². The van der Waals surface area contributed by atoms with Crippen LogP contribution in [-0.4, -0.2) is 30.4 Å². The van der Waals surface area contributed by atoms with Crippen molar-refractivity contribution in [3.8, 4) is 0 Å². The summed E-state index contributed by atoms with van der Waals surface area (Å²) in [5.41, 5.74) is 2.40. The zero-order valence-corrected chi connectivity index (χ0v) is 12.7. The number of benzene rings is 1. The lowest BCUT2D eigenvalue weighted by Crippen LogP contribution is -2.41. The summed E-state index contributed by atoms with van der Waals surface area (Å²) in [5.74, 6) is 0.124. The summed E-state index contributed by atoms with van der Waals surface area (Å²) >= 11 is 0. The van der Waals surface area contributed by atoms with Gasteiger partial charge in [-0.25, -0.2) is 0 Å². The van der Waals surface area contributed by atoms with Crippen LogP contribution in [-0.2, 0) is 11.3 Å². The predicted molar refractivity (Wildman–Crippen MR) is 82.5 cm³/mol. The number of aryl methyl sites for hydroxylation is 1. The molecule has 1 aliphatic rings. The van der Waals surface area contributed by atoms with Crippen LogP contribution in [0.15, 0.2) is 24.3 Å². The molecule has 0 atom stereocenters. The van der Waals surface area contributed by atoms with Crippen LogP contribution in [0.25, 0.3) is 0 Å². The van der Waals surface area contributed by atoms with E-state index in [0.717, 1.165) is 5.56 Å². The van der Waals surface area contributed by atoms with Gasteiger partial charge in [0.05, 0.1) is 6.54 Å². The molecule has 2 rings (SSSR count). The topological polar surface area (TPSA) is 32.3 Å². The van der Waals surface area contributed by atoms with Gasteiger partial charge in [-0.05, 0) is 32.4 Å². The van der Waals surface area contributed by atoms with E-state index in [0.29, 0.717) is 19.1 Å². The third kappa shape index (κ3) is 4.64. The molecule has 20 heavy (non-hydrogen) atoms. The van der Waals surface area contributed by atoms with Crippen LogP contribution in [0.3, 0.4) is 0 Å². The van der Waals surface area contributed by atoms with Gasteiger partial charge in [0.15, 0.2) is 0 Å². The van der Waals surface area contributed by atoms with Crippen molar-refractivity contribution in [1.29, 1.82) is 0 Å². The fourth-order valence-electron chi connectivity index (χ4n) is 2.84. The normalized spacial score (nSPS) is 16.4. The van der Waals surface area contributed by atoms with Crippen molar-refractivity contribution < 1.29 is 4.79 Å². The van der Waals surface area contributed by atoms with Gasteiger partial charge in [-0.15, -0.1) is 0 Å². The second-order valence-corrected chi connectivity index (χ2v) is 5.97. The number of likely N-dealkylation sites (N-methyl/N-ethyl adjacent to an activating group) is 1. The lowest BCUT2D eigenvalue weighted by atomic mass is 9.94. The molecule has 0 saturated heterocycles. The Bertz CT molecular complexity index is 421. The third-order valence-electron chi connectivity index (χ3n) is 4.20. The maximum atomic E-state index is 12.0. The minimum Gasteiger partial charge on any atom is -0.351 e. The van der Waals surface area contributed by atoms with E-state index >= 15 is 0 Å². The van der Waals surface area contributed by atoms with Gasteiger partial charge in [0.2, 0.25) is 5.91 Å². The van der Waals surface area contributed by atoms with Crippen LogP contribution in [0.2, 0.25) is 0 Å². The summed E-state index contributed by atoms with van der Waals surface area (Å²) in [6, 6.07) is 8.89. The number of nitrogens with one attached hydrogen (secondary N) is 1. The van der Waals surface area contributed by atoms with Gasteiger partial charge in [-0.2, -0.15) is 0 Å². The highest BCUT2D eigenvalue weighted by molar-refractivity contribution is 5.78. The molecule has 1 amide bonds. The van der Waals surface area contributed by atoms with E-state index in [1.165, 1.54) is 37.7 Å². The van der Waals surface area contributed by atoms with Crippen molar-refractivity contribution in [1.82, 2.24) is 10.2 Å². The molecule has 1 N–H and O–H groups in total. The van der Waals surface area contributed by atoms with E-state index in [1.54, 1.807) is 0 Å². The second-order valence-electron chi connectivity index (χ2n) is 5.97. The molecule has 1 aliphatic carbocycles. The lowest BCUT2D eigenvalue weighted by Gasteiger charge is -2.30. The van der Waals surface area contributed by atoms with Crippen molar-refractivity contribution in [2.75, 3.05) is 13.6 Å². The summed E-state index contributed by atoms with van der Waals surface area (Å²) in [5, 5.41) is 3.01. The van der Waals surface area contributed by atoms with Crippen LogP contribution in [0.4, 0.5) is 0 Å². The van der Waals surface area contributed by atoms with Crippen molar-refractivity contribution in [3.63, 3.8) is 0 Å². The van der Waals surface area contributed by atoms with Crippen molar-refractivity contribution in [3.05, 3.63) is 35.4 Å². The largest absolute Gasteiger partial charge is 0.351 e. The molecule has 0 aromatic heterocycles. The predicted octanol–water partition coefficient (Wildman–Crippen LogP) is 2.88. The Labute approximate surface area is 122 Å². The molecular weight excluding hydrogens is 248 g/mol. The van der Waals surface area contributed by atoms with Gasteiger partial charge < -0.3 is 5.32 Å². The molecular formula is C17H26N2O. The molecule has 3 heteroatoms. The maximum absolute atomic E-state index is 12.0. The second kappa shape index (κ2) is 7.44. The highest BCUT2D eigenvalue weighted by Crippen LogP contribution is 2.21. The molecule has 3 nitrogen and oxygen atoms in total. The lowest BCUT2D eigenvalue weighted by molar-refractivity contribution is -0.122. The quantitative estimate of drug-likeness (QED) is 0.895. The smallest absolute Gasteiger partial charge is 0.234 e. The van der Waals surface area contributed by atoms with E-state index in [9.17, 15) is 4.79 Å². The van der Waals surface area contributed by atoms with E-state index in [1.807, 2.05) is 0 Å². The van der Waals surface area contributed by atoms with E-state index in [-0.39, 0.29) is 5.91 Å². The monoisotopic (exact) mass is 274 g/mol. The summed E-state index contributed by atoms with van der Waals surface area (Å²) in [7, 11) is 2.07. The molecule has 0 spiro atoms. The first kappa shape index (κ1) is 15.0. The molecule has 0 unspecified atom stereocenters. The van der Waals surface area contributed by atoms with Crippen molar-refractivity contribution >= 4 is 5.91 Å². The standard InChI is InChI=1S/C17H26N2O/c1-14-8-10-15(11-9-14)12-18-17(20)13-19(2)16-6-4-3-5-7-16/h8-11,16H,3-7,12-13H2,1-2H3,(H,18,20). The number of nitrogens with zero attached hydrogens (tertiary/aromatic N) is 1. The van der Waals surface area contributed by atoms with Gasteiger partial charge in [-0.3, -0.25) is 9.69 Å². The van der Waals surface area contributed by atoms with Gasteiger partial charge in [0, 0.05) is 12.6 Å². The minimum absolute atomic E-state index is 0.124. The Hall–Kier alpha value is -1.35. The Kier molecular flexibility index (Phi) is 5.60. The van der Waals surface area contributed by atoms with Crippen molar-refractivity contribution in [2.45, 2.75) is 51.6 Å². The SMILES string of the molecule is Cc1ccc(CNC(=O)CN(C)C2CCCCC2)cc1. The number of carbonyl (C=O) groups excluding carboxylic acids is 1. The average molecular weight is 274 g/mol. The zero-order chi connectivity index (χ0) is 14.4. The summed E-state index contributed by atoms with van der Waals surface area (Å²) in [6.45, 7) is 3.20. The number of amides is 1. The highest BCUT2D eigenvalue weighted by Gasteiger charge is 2.19. The third-order valence-corrected chi connectivity index (χ3v) is 4.20. The fourth-order valence-corrected chi connectivity index (χ4v) is 2.84. The molecule has 1 fully saturated rings. The van der Waals surface area contributed by atoms with Crippen molar-refractivity contribution in [2.24, 2.45) is 0 Å². The van der Waals surface area contributed by atoms with Gasteiger partial charge in [0.1, 0.15) is 0 Å². The number of carbonyl (C=O) groups is 1. The molecule has 1 aromatic carbocycles. The Morgan fingerprint density at radius 2 is 1.85 bits per heavy atom. The van der Waals surface area contributed by atoms with Crippen LogP contribution >= 0.6 is 0 Å². The van der Waals surface area contributed by atoms with E-state index in [2.05, 4.69) is 48.5 Å². The first-order valence-corrected chi connectivity index (χ1v) is 7.67. The number of hydrogen-bond donors (Lipinski definition) is 1. The first-order valence-electron chi connectivity index (χ1n) is 7.67.